The number of primary amides is 1. The number of aliphatic hydroxyl groups excluding tert-OH is 1. The topological polar surface area (TPSA) is 362 Å². The SMILES string of the molecule is NC(=O)[C@@H]1CCCCn2cc(nn2)C[C@H](CC(=O)COCCOCCOCCCC(=O)CCCC[C@@H]2SC[C@@H]3NC(=O)N[C@@H]32)C(=O)N[C@H](CO)C(=O)C[C@H](Cc2c[nH]c3ccccc23)C(=O)N[C@H](Cc2c[nH]c3ccccc23)C(=O)N[C@@H](Cc2ccc(F)cc2)C(=O)N1. The van der Waals surface area contributed by atoms with Gasteiger partial charge in [0.15, 0.2) is 11.6 Å². The number of aryl methyl sites for hydroxylation is 1. The van der Waals surface area contributed by atoms with Crippen molar-refractivity contribution in [2.45, 2.75) is 144 Å². The standard InChI is InChI=1S/C66H83FN12O13S/c67-45-20-18-40(19-21-45)28-54-64(87)71-53(61(68)84)16-7-8-22-79-36-46(77-78-79)30-42(31-48(82)38-92-27-26-91-25-24-90-23-9-11-47(81)10-1-6-17-59-60-57(39-93-59)75-66(89)76-60)63(86)74-56(37-80)58(83)33-41(29-43-34-69-51-14-4-2-12-49(43)51)62(85)72-55(65(88)73-54)32-44-35-70-52-15-5-3-13-50(44)52/h2-5,12-15,18-21,34-36,41-42,53-57,59-60,69-70,80H,1,6-11,16-17,22-33,37-39H2,(H2,68,84)(H,71,87)(H,72,85)(H,73,88)(H,74,86)(H2,75,76,89)/t41-,42+,53-,54-,55+,56+,57-,59-,60-/m0/s1. The molecule has 27 heteroatoms. The van der Waals surface area contributed by atoms with Gasteiger partial charge in [-0.15, -0.1) is 5.10 Å². The van der Waals surface area contributed by atoms with Crippen molar-refractivity contribution in [1.82, 2.24) is 56.9 Å². The largest absolute Gasteiger partial charge is 0.394 e. The molecular weight excluding hydrogens is 1220 g/mol. The first-order valence-corrected chi connectivity index (χ1v) is 32.9. The minimum absolute atomic E-state index is 0.0467. The Morgan fingerprint density at radius 3 is 2.01 bits per heavy atom. The van der Waals surface area contributed by atoms with Gasteiger partial charge in [-0.3, -0.25) is 43.0 Å². The number of nitrogens with zero attached hydrogens (tertiary/aromatic N) is 3. The number of fused-ring (bicyclic) bond motifs is 5. The molecule has 25 nitrogen and oxygen atoms in total. The van der Waals surface area contributed by atoms with E-state index in [1.165, 1.54) is 28.9 Å². The molecule has 9 rings (SSSR count). The number of unbranched alkanes of at least 4 members (excludes halogenated alkanes) is 1. The molecule has 0 spiro atoms. The summed E-state index contributed by atoms with van der Waals surface area (Å²) in [6, 6.07) is 14.7. The molecular formula is C66H83FN12O13S. The summed E-state index contributed by atoms with van der Waals surface area (Å²) in [4.78, 5) is 131. The number of nitrogens with two attached hydrogens (primary N) is 1. The fourth-order valence-electron chi connectivity index (χ4n) is 12.1. The molecule has 3 aliphatic rings. The Balaban J connectivity index is 0.847. The molecule has 6 heterocycles. The Hall–Kier alpha value is -8.37. The van der Waals surface area contributed by atoms with Crippen molar-refractivity contribution < 1.29 is 66.9 Å². The van der Waals surface area contributed by atoms with E-state index in [9.17, 15) is 47.9 Å². The van der Waals surface area contributed by atoms with Crippen LogP contribution in [0.3, 0.4) is 0 Å². The highest BCUT2D eigenvalue weighted by Crippen LogP contribution is 2.33. The van der Waals surface area contributed by atoms with Crippen LogP contribution in [0, 0.1) is 17.7 Å². The van der Waals surface area contributed by atoms with Crippen molar-refractivity contribution in [3.8, 4) is 0 Å². The van der Waals surface area contributed by atoms with Crippen LogP contribution in [0.25, 0.3) is 21.8 Å². The highest BCUT2D eigenvalue weighted by atomic mass is 32.2. The van der Waals surface area contributed by atoms with Crippen LogP contribution in [-0.4, -0.2) is 176 Å². The number of halogens is 1. The van der Waals surface area contributed by atoms with Gasteiger partial charge in [-0.05, 0) is 85.9 Å². The molecule has 9 atom stereocenters. The van der Waals surface area contributed by atoms with E-state index in [2.05, 4.69) is 52.2 Å². The number of thioether (sulfide) groups is 1. The van der Waals surface area contributed by atoms with Gasteiger partial charge < -0.3 is 66.9 Å². The zero-order chi connectivity index (χ0) is 65.6. The zero-order valence-electron chi connectivity index (χ0n) is 51.9. The lowest BCUT2D eigenvalue weighted by molar-refractivity contribution is -0.136. The van der Waals surface area contributed by atoms with E-state index in [1.807, 2.05) is 60.3 Å². The number of Topliss-reactive ketones (excluding diaryl/α,β-unsaturated/α-hetero) is 3. The molecule has 2 fully saturated rings. The van der Waals surface area contributed by atoms with Crippen LogP contribution in [0.2, 0.25) is 0 Å². The minimum atomic E-state index is -1.55. The molecule has 498 valence electrons. The molecule has 93 heavy (non-hydrogen) atoms. The molecule has 0 saturated carbocycles. The van der Waals surface area contributed by atoms with Gasteiger partial charge in [0.05, 0.1) is 56.7 Å². The molecule has 0 radical (unpaired) electrons. The third-order valence-corrected chi connectivity index (χ3v) is 18.6. The number of ketones is 3. The summed E-state index contributed by atoms with van der Waals surface area (Å²) in [6.45, 7) is 0.155. The highest BCUT2D eigenvalue weighted by molar-refractivity contribution is 8.00. The molecule has 2 bridgehead atoms. The Labute approximate surface area is 541 Å². The quantitative estimate of drug-likeness (QED) is 0.0260. The van der Waals surface area contributed by atoms with Gasteiger partial charge in [-0.1, -0.05) is 60.2 Å². The Morgan fingerprint density at radius 2 is 1.29 bits per heavy atom. The molecule has 3 aliphatic heterocycles. The number of benzene rings is 3. The van der Waals surface area contributed by atoms with Crippen molar-refractivity contribution in [2.24, 2.45) is 17.6 Å². The van der Waals surface area contributed by atoms with Crippen LogP contribution in [0.4, 0.5) is 9.18 Å². The molecule has 11 N–H and O–H groups in total. The van der Waals surface area contributed by atoms with Gasteiger partial charge in [0, 0.05) is 115 Å². The molecule has 6 aromatic rings. The molecule has 7 amide bonds. The van der Waals surface area contributed by atoms with E-state index < -0.39 is 96.0 Å². The van der Waals surface area contributed by atoms with Gasteiger partial charge in [0.25, 0.3) is 0 Å². The molecule has 0 unspecified atom stereocenters. The van der Waals surface area contributed by atoms with Crippen LogP contribution in [0.5, 0.6) is 0 Å². The summed E-state index contributed by atoms with van der Waals surface area (Å²) in [7, 11) is 0. The number of hydrogen-bond acceptors (Lipinski definition) is 16. The Morgan fingerprint density at radius 1 is 0.656 bits per heavy atom. The van der Waals surface area contributed by atoms with E-state index in [0.717, 1.165) is 46.8 Å². The number of carbonyl (C=O) groups excluding carboxylic acids is 9. The predicted octanol–water partition coefficient (Wildman–Crippen LogP) is 3.53. The second-order valence-corrected chi connectivity index (χ2v) is 25.3. The number of hydrogen-bond donors (Lipinski definition) is 10. The first-order valence-electron chi connectivity index (χ1n) is 31.9. The molecule has 0 aliphatic carbocycles. The normalized spacial score (nSPS) is 22.9. The van der Waals surface area contributed by atoms with Crippen LogP contribution in [0.1, 0.15) is 93.0 Å². The van der Waals surface area contributed by atoms with Gasteiger partial charge >= 0.3 is 6.03 Å². The van der Waals surface area contributed by atoms with E-state index >= 15 is 4.79 Å². The summed E-state index contributed by atoms with van der Waals surface area (Å²) >= 11 is 1.87. The number of aromatic nitrogens is 5. The van der Waals surface area contributed by atoms with Crippen LogP contribution in [-0.2, 0) is 84.8 Å². The van der Waals surface area contributed by atoms with E-state index in [4.69, 9.17) is 19.9 Å². The number of aromatic amines is 2. The molecule has 3 aromatic carbocycles. The lowest BCUT2D eigenvalue weighted by Crippen LogP contribution is -2.58. The van der Waals surface area contributed by atoms with Gasteiger partial charge in [0.2, 0.25) is 29.5 Å². The Kier molecular flexibility index (Phi) is 25.6. The third-order valence-electron chi connectivity index (χ3n) is 17.1. The maximum Gasteiger partial charge on any atom is 0.315 e. The summed E-state index contributed by atoms with van der Waals surface area (Å²) in [5, 5.41) is 38.2. The maximum absolute atomic E-state index is 15.1. The number of aliphatic hydroxyl groups is 1. The van der Waals surface area contributed by atoms with E-state index in [1.54, 1.807) is 18.6 Å². The predicted molar refractivity (Wildman–Crippen MR) is 343 cm³/mol. The summed E-state index contributed by atoms with van der Waals surface area (Å²) < 4.78 is 32.6. The minimum Gasteiger partial charge on any atom is -0.394 e. The number of para-hydroxylation sites is 2. The smallest absolute Gasteiger partial charge is 0.315 e. The summed E-state index contributed by atoms with van der Waals surface area (Å²) in [5.41, 5.74) is 9.42. The number of H-pyrrole nitrogens is 2. The molecule has 3 aromatic heterocycles. The second-order valence-electron chi connectivity index (χ2n) is 24.1. The first-order chi connectivity index (χ1) is 45.1. The second kappa shape index (κ2) is 34.5. The van der Waals surface area contributed by atoms with Crippen molar-refractivity contribution >= 4 is 86.5 Å². The number of ether oxygens (including phenoxy) is 3. The van der Waals surface area contributed by atoms with Crippen molar-refractivity contribution in [1.29, 1.82) is 0 Å². The van der Waals surface area contributed by atoms with Crippen LogP contribution in [0.15, 0.2) is 91.4 Å². The van der Waals surface area contributed by atoms with Crippen LogP contribution < -0.4 is 37.6 Å². The number of urea groups is 1. The van der Waals surface area contributed by atoms with Crippen molar-refractivity contribution in [3.05, 3.63) is 120 Å². The number of nitrogens with one attached hydrogen (secondary N) is 8. The highest BCUT2D eigenvalue weighted by Gasteiger charge is 2.43. The third kappa shape index (κ3) is 20.3. The average Bonchev–Trinajstić information content (AvgIpc) is 1.75. The first kappa shape index (κ1) is 69.0. The molecule has 2 saturated heterocycles. The van der Waals surface area contributed by atoms with E-state index in [0.29, 0.717) is 73.0 Å². The fraction of sp³-hybridized carbons (Fsp3) is 0.500. The van der Waals surface area contributed by atoms with Crippen LogP contribution >= 0.6 is 11.8 Å². The van der Waals surface area contributed by atoms with Gasteiger partial charge in [-0.25, -0.2) is 9.18 Å². The van der Waals surface area contributed by atoms with Gasteiger partial charge in [0.1, 0.15) is 42.4 Å². The maximum atomic E-state index is 15.1. The Bertz CT molecular complexity index is 3540. The van der Waals surface area contributed by atoms with Crippen molar-refractivity contribution in [3.63, 3.8) is 0 Å². The monoisotopic (exact) mass is 1300 g/mol. The zero-order valence-corrected chi connectivity index (χ0v) is 52.7. The number of amides is 7. The average molecular weight is 1300 g/mol. The number of rotatable bonds is 27. The lowest BCUT2D eigenvalue weighted by Gasteiger charge is -2.27. The summed E-state index contributed by atoms with van der Waals surface area (Å²) in [6.07, 6.45) is 8.72. The van der Waals surface area contributed by atoms with Gasteiger partial charge in [-0.2, -0.15) is 11.8 Å². The summed E-state index contributed by atoms with van der Waals surface area (Å²) in [5.74, 6) is -6.91. The lowest BCUT2D eigenvalue weighted by atomic mass is 9.90. The van der Waals surface area contributed by atoms with E-state index in [-0.39, 0.29) is 95.4 Å². The number of carbonyl (C=O) groups is 9. The van der Waals surface area contributed by atoms with Crippen molar-refractivity contribution in [2.75, 3.05) is 52.0 Å². The fourth-order valence-corrected chi connectivity index (χ4v) is 13.6.